The fraction of sp³-hybridized carbons (Fsp3) is 0.538. The van der Waals surface area contributed by atoms with Crippen molar-refractivity contribution in [2.75, 3.05) is 19.6 Å². The molecule has 10 heteroatoms. The fourth-order valence-electron chi connectivity index (χ4n) is 5.29. The third-order valence-electron chi connectivity index (χ3n) is 7.08. The van der Waals surface area contributed by atoms with Crippen LogP contribution in [0.4, 0.5) is 0 Å². The number of halogens is 1. The van der Waals surface area contributed by atoms with Gasteiger partial charge in [0.15, 0.2) is 0 Å². The molecule has 3 amide bonds. The molecule has 36 heavy (non-hydrogen) atoms. The lowest BCUT2D eigenvalue weighted by atomic mass is 9.92. The first-order chi connectivity index (χ1) is 17.5. The predicted octanol–water partition coefficient (Wildman–Crippen LogP) is 2.78. The van der Waals surface area contributed by atoms with Crippen LogP contribution in [0, 0.1) is 0 Å². The molecule has 1 aliphatic heterocycles. The van der Waals surface area contributed by atoms with Crippen LogP contribution in [-0.2, 0) is 16.0 Å². The number of nitrogens with one attached hydrogen (secondary N) is 1. The quantitative estimate of drug-likeness (QED) is 0.529. The van der Waals surface area contributed by atoms with E-state index in [0.29, 0.717) is 31.0 Å². The summed E-state index contributed by atoms with van der Waals surface area (Å²) in [4.78, 5) is 43.1. The minimum Gasteiger partial charge on any atom is -0.351 e. The molecule has 0 spiro atoms. The van der Waals surface area contributed by atoms with Gasteiger partial charge in [0.25, 0.3) is 5.91 Å². The van der Waals surface area contributed by atoms with Gasteiger partial charge in [0.05, 0.1) is 12.2 Å². The minimum absolute atomic E-state index is 0.116. The van der Waals surface area contributed by atoms with Crippen molar-refractivity contribution in [1.82, 2.24) is 20.3 Å². The molecule has 2 heterocycles. The Morgan fingerprint density at radius 1 is 1.11 bits per heavy atom. The first kappa shape index (κ1) is 26.2. The van der Waals surface area contributed by atoms with Crippen LogP contribution in [0.1, 0.15) is 61.1 Å². The van der Waals surface area contributed by atoms with Gasteiger partial charge in [-0.25, -0.2) is 0 Å². The van der Waals surface area contributed by atoms with Crippen LogP contribution in [0.25, 0.3) is 0 Å². The van der Waals surface area contributed by atoms with E-state index in [0.717, 1.165) is 31.2 Å². The largest absolute Gasteiger partial charge is 0.351 e. The number of amides is 3. The van der Waals surface area contributed by atoms with Crippen molar-refractivity contribution in [3.63, 3.8) is 0 Å². The number of likely N-dealkylation sites (tertiary alicyclic amines) is 1. The summed E-state index contributed by atoms with van der Waals surface area (Å²) in [5, 5.41) is 7.18. The number of aromatic nitrogens is 1. The lowest BCUT2D eigenvalue weighted by Gasteiger charge is -2.38. The van der Waals surface area contributed by atoms with Crippen LogP contribution in [0.15, 0.2) is 41.1 Å². The molecule has 0 unspecified atom stereocenters. The van der Waals surface area contributed by atoms with Gasteiger partial charge < -0.3 is 25.4 Å². The molecule has 2 aliphatic rings. The van der Waals surface area contributed by atoms with E-state index < -0.39 is 6.04 Å². The van der Waals surface area contributed by atoms with Crippen LogP contribution in [0.3, 0.4) is 0 Å². The van der Waals surface area contributed by atoms with Gasteiger partial charge in [-0.2, -0.15) is 0 Å². The molecule has 2 atom stereocenters. The second kappa shape index (κ2) is 12.4. The number of benzene rings is 1. The van der Waals surface area contributed by atoms with Gasteiger partial charge in [0.2, 0.25) is 17.6 Å². The van der Waals surface area contributed by atoms with E-state index in [4.69, 9.17) is 21.9 Å². The highest BCUT2D eigenvalue weighted by Crippen LogP contribution is 2.29. The van der Waals surface area contributed by atoms with E-state index in [1.54, 1.807) is 23.1 Å². The summed E-state index contributed by atoms with van der Waals surface area (Å²) in [5.74, 6) is -0.369. The van der Waals surface area contributed by atoms with Crippen molar-refractivity contribution < 1.29 is 18.9 Å². The molecule has 1 saturated carbocycles. The van der Waals surface area contributed by atoms with Gasteiger partial charge in [-0.15, -0.1) is 0 Å². The Hall–Kier alpha value is -2.91. The highest BCUT2D eigenvalue weighted by atomic mass is 35.5. The Kier molecular flexibility index (Phi) is 8.98. The van der Waals surface area contributed by atoms with Gasteiger partial charge in [-0.3, -0.25) is 14.4 Å². The standard InChI is InChI=1S/C26H34ClN5O4/c27-19-8-6-18(7-9-19)16-22(30-24(33)10-13-28)25(34)31-15-12-21(17-31)32(20-4-2-1-3-5-20)26(35)23-11-14-29-36-23/h6-9,11,14,20-22H,1-5,10,12-13,15-17,28H2,(H,30,33)/t21-,22-/m1/s1. The first-order valence-corrected chi connectivity index (χ1v) is 13.1. The first-order valence-electron chi connectivity index (χ1n) is 12.7. The maximum Gasteiger partial charge on any atom is 0.293 e. The molecule has 0 bridgehead atoms. The van der Waals surface area contributed by atoms with Crippen molar-refractivity contribution >= 4 is 29.3 Å². The Bertz CT molecular complexity index is 1020. The highest BCUT2D eigenvalue weighted by molar-refractivity contribution is 6.30. The summed E-state index contributed by atoms with van der Waals surface area (Å²) < 4.78 is 5.19. The van der Waals surface area contributed by atoms with E-state index >= 15 is 0 Å². The van der Waals surface area contributed by atoms with Gasteiger partial charge in [-0.1, -0.05) is 48.2 Å². The number of hydrogen-bond donors (Lipinski definition) is 2. The number of hydrogen-bond acceptors (Lipinski definition) is 6. The summed E-state index contributed by atoms with van der Waals surface area (Å²) in [6, 6.07) is 8.10. The number of carbonyl (C=O) groups is 3. The average molecular weight is 516 g/mol. The summed E-state index contributed by atoms with van der Waals surface area (Å²) in [6.45, 7) is 1.14. The molecule has 3 N–H and O–H groups in total. The molecule has 1 aliphatic carbocycles. The van der Waals surface area contributed by atoms with Crippen molar-refractivity contribution in [3.05, 3.63) is 52.9 Å². The molecule has 2 fully saturated rings. The smallest absolute Gasteiger partial charge is 0.293 e. The second-order valence-corrected chi connectivity index (χ2v) is 10.0. The van der Waals surface area contributed by atoms with Gasteiger partial charge in [0, 0.05) is 49.6 Å². The minimum atomic E-state index is -0.725. The molecule has 4 rings (SSSR count). The molecule has 0 radical (unpaired) electrons. The van der Waals surface area contributed by atoms with E-state index in [9.17, 15) is 14.4 Å². The Balaban J connectivity index is 1.49. The number of carbonyl (C=O) groups excluding carboxylic acids is 3. The Labute approximate surface area is 216 Å². The van der Waals surface area contributed by atoms with E-state index in [1.807, 2.05) is 17.0 Å². The summed E-state index contributed by atoms with van der Waals surface area (Å²) in [5.41, 5.74) is 6.44. The summed E-state index contributed by atoms with van der Waals surface area (Å²) in [6.07, 6.45) is 7.86. The average Bonchev–Trinajstić information content (AvgIpc) is 3.59. The monoisotopic (exact) mass is 515 g/mol. The Morgan fingerprint density at radius 2 is 1.86 bits per heavy atom. The maximum absolute atomic E-state index is 13.6. The van der Waals surface area contributed by atoms with Crippen molar-refractivity contribution in [3.8, 4) is 0 Å². The molecule has 1 aromatic carbocycles. The number of rotatable bonds is 9. The zero-order valence-corrected chi connectivity index (χ0v) is 21.2. The summed E-state index contributed by atoms with van der Waals surface area (Å²) >= 11 is 6.01. The SMILES string of the molecule is NCCC(=O)N[C@H](Cc1ccc(Cl)cc1)C(=O)N1CC[C@@H](N(C(=O)c2ccno2)C2CCCCC2)C1. The third-order valence-corrected chi connectivity index (χ3v) is 7.33. The normalized spacial score (nSPS) is 19.2. The molecule has 1 aromatic heterocycles. The molecule has 194 valence electrons. The zero-order chi connectivity index (χ0) is 25.5. The molecule has 2 aromatic rings. The van der Waals surface area contributed by atoms with Crippen LogP contribution in [0.2, 0.25) is 5.02 Å². The zero-order valence-electron chi connectivity index (χ0n) is 20.4. The van der Waals surface area contributed by atoms with Gasteiger partial charge in [0.1, 0.15) is 6.04 Å². The lowest BCUT2D eigenvalue weighted by Crippen LogP contribution is -2.52. The van der Waals surface area contributed by atoms with E-state index in [2.05, 4.69) is 10.5 Å². The maximum atomic E-state index is 13.6. The van der Waals surface area contributed by atoms with Crippen LogP contribution >= 0.6 is 11.6 Å². The van der Waals surface area contributed by atoms with Crippen LogP contribution < -0.4 is 11.1 Å². The predicted molar refractivity (Wildman–Crippen MR) is 135 cm³/mol. The van der Waals surface area contributed by atoms with Crippen molar-refractivity contribution in [1.29, 1.82) is 0 Å². The van der Waals surface area contributed by atoms with Crippen LogP contribution in [-0.4, -0.2) is 70.4 Å². The molecular formula is C26H34ClN5O4. The van der Waals surface area contributed by atoms with E-state index in [-0.39, 0.29) is 48.5 Å². The van der Waals surface area contributed by atoms with Crippen molar-refractivity contribution in [2.24, 2.45) is 5.73 Å². The summed E-state index contributed by atoms with van der Waals surface area (Å²) in [7, 11) is 0. The number of nitrogens with zero attached hydrogens (tertiary/aromatic N) is 3. The number of nitrogens with two attached hydrogens (primary N) is 1. The molecule has 1 saturated heterocycles. The highest BCUT2D eigenvalue weighted by Gasteiger charge is 2.40. The lowest BCUT2D eigenvalue weighted by molar-refractivity contribution is -0.135. The van der Waals surface area contributed by atoms with Crippen molar-refractivity contribution in [2.45, 2.75) is 69.5 Å². The van der Waals surface area contributed by atoms with E-state index in [1.165, 1.54) is 12.6 Å². The molecule has 9 nitrogen and oxygen atoms in total. The topological polar surface area (TPSA) is 122 Å². The third kappa shape index (κ3) is 6.44. The van der Waals surface area contributed by atoms with Gasteiger partial charge >= 0.3 is 0 Å². The second-order valence-electron chi connectivity index (χ2n) is 9.60. The van der Waals surface area contributed by atoms with Crippen LogP contribution in [0.5, 0.6) is 0 Å². The fourth-order valence-corrected chi connectivity index (χ4v) is 5.41. The Morgan fingerprint density at radius 3 is 2.53 bits per heavy atom. The molecular weight excluding hydrogens is 482 g/mol. The van der Waals surface area contributed by atoms with Gasteiger partial charge in [-0.05, 0) is 37.0 Å².